The molecule has 0 atom stereocenters. The summed E-state index contributed by atoms with van der Waals surface area (Å²) in [4.78, 5) is 17.8. The predicted molar refractivity (Wildman–Crippen MR) is 48.5 cm³/mol. The van der Waals surface area contributed by atoms with Gasteiger partial charge in [-0.3, -0.25) is 0 Å². The molecular formula is C8H10FN3O3. The number of nitrogen functional groups attached to an aromatic ring is 1. The third-order valence-electron chi connectivity index (χ3n) is 1.37. The molecule has 0 radical (unpaired) electrons. The maximum absolute atomic E-state index is 12.6. The van der Waals surface area contributed by atoms with E-state index in [0.717, 1.165) is 6.20 Å². The molecule has 0 aliphatic heterocycles. The Morgan fingerprint density at radius 3 is 3.00 bits per heavy atom. The summed E-state index contributed by atoms with van der Waals surface area (Å²) in [6.07, 6.45) is 0.864. The van der Waals surface area contributed by atoms with E-state index in [1.807, 2.05) is 0 Å². The molecule has 15 heavy (non-hydrogen) atoms. The Balaban J connectivity index is 2.51. The summed E-state index contributed by atoms with van der Waals surface area (Å²) >= 11 is 0. The third-order valence-corrected chi connectivity index (χ3v) is 1.37. The largest absolute Gasteiger partial charge is 0.463 e. The van der Waals surface area contributed by atoms with Crippen molar-refractivity contribution >= 4 is 11.8 Å². The molecule has 0 unspecified atom stereocenters. The SMILES string of the molecule is CCOC(=O)COc1ncc(F)c(N)n1. The molecule has 1 heterocycles. The van der Waals surface area contributed by atoms with Gasteiger partial charge in [0.25, 0.3) is 0 Å². The molecule has 0 fully saturated rings. The Morgan fingerprint density at radius 1 is 1.67 bits per heavy atom. The van der Waals surface area contributed by atoms with E-state index < -0.39 is 11.8 Å². The molecule has 1 aromatic rings. The van der Waals surface area contributed by atoms with Crippen LogP contribution in [0, 0.1) is 5.82 Å². The van der Waals surface area contributed by atoms with E-state index in [9.17, 15) is 9.18 Å². The number of carbonyl (C=O) groups excluding carboxylic acids is 1. The van der Waals surface area contributed by atoms with E-state index in [2.05, 4.69) is 14.7 Å². The fraction of sp³-hybridized carbons (Fsp3) is 0.375. The van der Waals surface area contributed by atoms with Gasteiger partial charge in [0.1, 0.15) is 0 Å². The standard InChI is InChI=1S/C8H10FN3O3/c1-2-14-6(13)4-15-8-11-3-5(9)7(10)12-8/h3H,2,4H2,1H3,(H2,10,11,12). The van der Waals surface area contributed by atoms with E-state index in [-0.39, 0.29) is 25.0 Å². The highest BCUT2D eigenvalue weighted by Crippen LogP contribution is 2.08. The summed E-state index contributed by atoms with van der Waals surface area (Å²) in [5.74, 6) is -1.62. The highest BCUT2D eigenvalue weighted by Gasteiger charge is 2.07. The molecule has 0 bridgehead atoms. The number of anilines is 1. The average Bonchev–Trinajstić information content (AvgIpc) is 2.20. The number of ether oxygens (including phenoxy) is 2. The van der Waals surface area contributed by atoms with Crippen LogP contribution in [0.15, 0.2) is 6.20 Å². The second-order valence-electron chi connectivity index (χ2n) is 2.48. The van der Waals surface area contributed by atoms with E-state index in [1.54, 1.807) is 6.92 Å². The first-order valence-corrected chi connectivity index (χ1v) is 4.20. The van der Waals surface area contributed by atoms with E-state index in [1.165, 1.54) is 0 Å². The van der Waals surface area contributed by atoms with Crippen molar-refractivity contribution in [2.75, 3.05) is 18.9 Å². The van der Waals surface area contributed by atoms with Gasteiger partial charge < -0.3 is 15.2 Å². The van der Waals surface area contributed by atoms with Crippen molar-refractivity contribution in [3.63, 3.8) is 0 Å². The second-order valence-corrected chi connectivity index (χ2v) is 2.48. The van der Waals surface area contributed by atoms with Crippen LogP contribution in [-0.4, -0.2) is 29.2 Å². The van der Waals surface area contributed by atoms with Crippen LogP contribution in [0.1, 0.15) is 6.92 Å². The maximum Gasteiger partial charge on any atom is 0.344 e. The van der Waals surface area contributed by atoms with Crippen LogP contribution in [0.25, 0.3) is 0 Å². The lowest BCUT2D eigenvalue weighted by Gasteiger charge is -2.04. The number of aromatic nitrogens is 2. The van der Waals surface area contributed by atoms with E-state index in [0.29, 0.717) is 0 Å². The summed E-state index contributed by atoms with van der Waals surface area (Å²) < 4.78 is 22.0. The minimum Gasteiger partial charge on any atom is -0.463 e. The lowest BCUT2D eigenvalue weighted by molar-refractivity contribution is -0.145. The molecule has 2 N–H and O–H groups in total. The van der Waals surface area contributed by atoms with Crippen molar-refractivity contribution in [2.24, 2.45) is 0 Å². The van der Waals surface area contributed by atoms with Crippen molar-refractivity contribution < 1.29 is 18.7 Å². The van der Waals surface area contributed by atoms with Crippen molar-refractivity contribution in [1.29, 1.82) is 0 Å². The molecule has 0 saturated carbocycles. The van der Waals surface area contributed by atoms with Gasteiger partial charge in [0.2, 0.25) is 0 Å². The first-order valence-electron chi connectivity index (χ1n) is 4.20. The summed E-state index contributed by atoms with van der Waals surface area (Å²) in [7, 11) is 0. The molecule has 0 saturated heterocycles. The Hall–Kier alpha value is -1.92. The van der Waals surface area contributed by atoms with Gasteiger partial charge in [-0.25, -0.2) is 14.2 Å². The van der Waals surface area contributed by atoms with Gasteiger partial charge in [0.05, 0.1) is 12.8 Å². The van der Waals surface area contributed by atoms with Crippen LogP contribution in [-0.2, 0) is 9.53 Å². The number of nitrogens with zero attached hydrogens (tertiary/aromatic N) is 2. The molecule has 0 aliphatic carbocycles. The van der Waals surface area contributed by atoms with E-state index >= 15 is 0 Å². The fourth-order valence-electron chi connectivity index (χ4n) is 0.759. The number of carbonyl (C=O) groups is 1. The fourth-order valence-corrected chi connectivity index (χ4v) is 0.759. The molecule has 1 aromatic heterocycles. The number of hydrogen-bond acceptors (Lipinski definition) is 6. The molecule has 0 amide bonds. The van der Waals surface area contributed by atoms with Crippen molar-refractivity contribution in [3.05, 3.63) is 12.0 Å². The zero-order valence-electron chi connectivity index (χ0n) is 8.07. The maximum atomic E-state index is 12.6. The van der Waals surface area contributed by atoms with Gasteiger partial charge in [-0.05, 0) is 6.92 Å². The molecule has 7 heteroatoms. The minimum absolute atomic E-state index is 0.165. The summed E-state index contributed by atoms with van der Waals surface area (Å²) in [6, 6.07) is -0.165. The molecule has 0 aromatic carbocycles. The Bertz CT molecular complexity index is 359. The minimum atomic E-state index is -0.738. The molecular weight excluding hydrogens is 205 g/mol. The summed E-state index contributed by atoms with van der Waals surface area (Å²) in [6.45, 7) is 1.60. The topological polar surface area (TPSA) is 87.3 Å². The zero-order chi connectivity index (χ0) is 11.3. The monoisotopic (exact) mass is 215 g/mol. The molecule has 0 spiro atoms. The van der Waals surface area contributed by atoms with Gasteiger partial charge in [0, 0.05) is 0 Å². The summed E-state index contributed by atoms with van der Waals surface area (Å²) in [5.41, 5.74) is 5.16. The highest BCUT2D eigenvalue weighted by atomic mass is 19.1. The van der Waals surface area contributed by atoms with Gasteiger partial charge in [-0.2, -0.15) is 4.98 Å². The van der Waals surface area contributed by atoms with Gasteiger partial charge >= 0.3 is 12.0 Å². The van der Waals surface area contributed by atoms with Crippen molar-refractivity contribution in [3.8, 4) is 6.01 Å². The lowest BCUT2D eigenvalue weighted by atomic mass is 10.6. The Labute approximate surface area is 85.2 Å². The average molecular weight is 215 g/mol. The van der Waals surface area contributed by atoms with Crippen molar-refractivity contribution in [1.82, 2.24) is 9.97 Å². The van der Waals surface area contributed by atoms with Gasteiger partial charge in [-0.15, -0.1) is 0 Å². The lowest BCUT2D eigenvalue weighted by Crippen LogP contribution is -2.16. The zero-order valence-corrected chi connectivity index (χ0v) is 8.07. The predicted octanol–water partition coefficient (Wildman–Crippen LogP) is 0.140. The normalized spacial score (nSPS) is 9.73. The second kappa shape index (κ2) is 5.08. The number of rotatable bonds is 4. The first kappa shape index (κ1) is 11.2. The number of hydrogen-bond donors (Lipinski definition) is 1. The molecule has 0 aliphatic rings. The van der Waals surface area contributed by atoms with E-state index in [4.69, 9.17) is 10.5 Å². The quantitative estimate of drug-likeness (QED) is 0.719. The summed E-state index contributed by atoms with van der Waals surface area (Å²) in [5, 5.41) is 0. The first-order chi connectivity index (χ1) is 7.13. The Kier molecular flexibility index (Phi) is 3.78. The van der Waals surface area contributed by atoms with Crippen LogP contribution in [0.3, 0.4) is 0 Å². The molecule has 1 rings (SSSR count). The van der Waals surface area contributed by atoms with Crippen LogP contribution in [0.2, 0.25) is 0 Å². The highest BCUT2D eigenvalue weighted by molar-refractivity contribution is 5.70. The van der Waals surface area contributed by atoms with Crippen LogP contribution in [0.4, 0.5) is 10.2 Å². The molecule has 82 valence electrons. The number of halogens is 1. The molecule has 6 nitrogen and oxygen atoms in total. The van der Waals surface area contributed by atoms with Crippen LogP contribution < -0.4 is 10.5 Å². The van der Waals surface area contributed by atoms with Gasteiger partial charge in [-0.1, -0.05) is 0 Å². The van der Waals surface area contributed by atoms with Crippen LogP contribution >= 0.6 is 0 Å². The van der Waals surface area contributed by atoms with Gasteiger partial charge in [0.15, 0.2) is 18.2 Å². The Morgan fingerprint density at radius 2 is 2.40 bits per heavy atom. The number of esters is 1. The smallest absolute Gasteiger partial charge is 0.344 e. The van der Waals surface area contributed by atoms with Crippen molar-refractivity contribution in [2.45, 2.75) is 6.92 Å². The third kappa shape index (κ3) is 3.37. The number of nitrogens with two attached hydrogens (primary N) is 1. The van der Waals surface area contributed by atoms with Crippen LogP contribution in [0.5, 0.6) is 6.01 Å².